The van der Waals surface area contributed by atoms with Crippen LogP contribution in [0.15, 0.2) is 65.5 Å². The Morgan fingerprint density at radius 1 is 1.24 bits per heavy atom. The number of nitrogens with zero attached hydrogens (tertiary/aromatic N) is 4. The number of hydrogen-bond donors (Lipinski definition) is 1. The van der Waals surface area contributed by atoms with Gasteiger partial charge in [-0.15, -0.1) is 11.3 Å². The number of hydrogen-bond acceptors (Lipinski definition) is 5. The maximum Gasteiger partial charge on any atom is 0.262 e. The SMILES string of the molecule is O=C1COc2ccc(-c3csc(=Nc4ccc(Cl)c(F)c4)n3CCCn3ccnc3)cc2N1. The van der Waals surface area contributed by atoms with Crippen LogP contribution in [-0.4, -0.2) is 26.6 Å². The highest BCUT2D eigenvalue weighted by Crippen LogP contribution is 2.33. The Balaban J connectivity index is 1.53. The number of ether oxygens (including phenoxy) is 1. The zero-order chi connectivity index (χ0) is 22.8. The van der Waals surface area contributed by atoms with Gasteiger partial charge < -0.3 is 19.2 Å². The largest absolute Gasteiger partial charge is 0.482 e. The quantitative estimate of drug-likeness (QED) is 0.425. The van der Waals surface area contributed by atoms with Crippen LogP contribution in [0.3, 0.4) is 0 Å². The van der Waals surface area contributed by atoms with Crippen LogP contribution in [0.4, 0.5) is 15.8 Å². The molecule has 0 spiro atoms. The van der Waals surface area contributed by atoms with E-state index in [1.807, 2.05) is 34.3 Å². The summed E-state index contributed by atoms with van der Waals surface area (Å²) in [5, 5.41) is 4.92. The van der Waals surface area contributed by atoms with Crippen molar-refractivity contribution >= 4 is 40.2 Å². The molecule has 0 unspecified atom stereocenters. The summed E-state index contributed by atoms with van der Waals surface area (Å²) in [7, 11) is 0. The van der Waals surface area contributed by atoms with Crippen LogP contribution < -0.4 is 14.9 Å². The number of benzene rings is 2. The van der Waals surface area contributed by atoms with Crippen LogP contribution in [0.5, 0.6) is 5.75 Å². The van der Waals surface area contributed by atoms with Crippen molar-refractivity contribution in [2.24, 2.45) is 4.99 Å². The number of rotatable bonds is 6. The van der Waals surface area contributed by atoms with E-state index < -0.39 is 5.82 Å². The van der Waals surface area contributed by atoms with E-state index in [0.29, 0.717) is 23.7 Å². The summed E-state index contributed by atoms with van der Waals surface area (Å²) in [5.74, 6) is -0.0489. The average Bonchev–Trinajstić information content (AvgIpc) is 3.46. The number of carbonyl (C=O) groups is 1. The van der Waals surface area contributed by atoms with Crippen LogP contribution in [0.25, 0.3) is 11.3 Å². The number of amides is 1. The lowest BCUT2D eigenvalue weighted by Crippen LogP contribution is -2.25. The van der Waals surface area contributed by atoms with Crippen molar-refractivity contribution in [3.63, 3.8) is 0 Å². The Bertz CT molecular complexity index is 1380. The van der Waals surface area contributed by atoms with Gasteiger partial charge in [-0.05, 0) is 36.8 Å². The van der Waals surface area contributed by atoms with E-state index in [0.717, 1.165) is 29.0 Å². The molecular weight excluding hydrogens is 465 g/mol. The molecular formula is C23H19ClFN5O2S. The van der Waals surface area contributed by atoms with Gasteiger partial charge in [-0.3, -0.25) is 4.79 Å². The predicted octanol–water partition coefficient (Wildman–Crippen LogP) is 4.86. The third-order valence-corrected chi connectivity index (χ3v) is 6.36. The number of aromatic nitrogens is 3. The van der Waals surface area contributed by atoms with Crippen molar-refractivity contribution in [1.29, 1.82) is 0 Å². The number of fused-ring (bicyclic) bond motifs is 1. The average molecular weight is 484 g/mol. The highest BCUT2D eigenvalue weighted by molar-refractivity contribution is 7.07. The second-order valence-electron chi connectivity index (χ2n) is 7.47. The fraction of sp³-hybridized carbons (Fsp3) is 0.174. The summed E-state index contributed by atoms with van der Waals surface area (Å²) < 4.78 is 23.5. The second-order valence-corrected chi connectivity index (χ2v) is 8.71. The van der Waals surface area contributed by atoms with Gasteiger partial charge in [-0.25, -0.2) is 14.4 Å². The first-order valence-corrected chi connectivity index (χ1v) is 11.5. The van der Waals surface area contributed by atoms with Crippen molar-refractivity contribution in [3.05, 3.63) is 76.1 Å². The first-order valence-electron chi connectivity index (χ1n) is 10.3. The zero-order valence-corrected chi connectivity index (χ0v) is 18.9. The monoisotopic (exact) mass is 483 g/mol. The molecule has 5 rings (SSSR count). The van der Waals surface area contributed by atoms with Gasteiger partial charge in [0, 0.05) is 42.5 Å². The minimum Gasteiger partial charge on any atom is -0.482 e. The smallest absolute Gasteiger partial charge is 0.262 e. The number of halogens is 2. The van der Waals surface area contributed by atoms with Gasteiger partial charge in [0.1, 0.15) is 11.6 Å². The van der Waals surface area contributed by atoms with Gasteiger partial charge in [0.15, 0.2) is 11.4 Å². The molecule has 0 aliphatic carbocycles. The van der Waals surface area contributed by atoms with Gasteiger partial charge >= 0.3 is 0 Å². The summed E-state index contributed by atoms with van der Waals surface area (Å²) >= 11 is 7.28. The highest BCUT2D eigenvalue weighted by atomic mass is 35.5. The Hall–Kier alpha value is -3.43. The van der Waals surface area contributed by atoms with Crippen LogP contribution in [0.1, 0.15) is 6.42 Å². The van der Waals surface area contributed by atoms with Crippen molar-refractivity contribution < 1.29 is 13.9 Å². The van der Waals surface area contributed by atoms with E-state index in [9.17, 15) is 9.18 Å². The molecule has 0 saturated carbocycles. The van der Waals surface area contributed by atoms with Crippen molar-refractivity contribution in [3.8, 4) is 17.0 Å². The number of imidazole rings is 1. The molecule has 0 radical (unpaired) electrons. The molecule has 7 nitrogen and oxygen atoms in total. The molecule has 168 valence electrons. The maximum atomic E-state index is 14.0. The third-order valence-electron chi connectivity index (χ3n) is 5.19. The Morgan fingerprint density at radius 3 is 2.97 bits per heavy atom. The molecule has 1 N–H and O–H groups in total. The normalized spacial score (nSPS) is 13.5. The molecule has 2 aromatic carbocycles. The number of aryl methyl sites for hydroxylation is 1. The van der Waals surface area contributed by atoms with Gasteiger partial charge in [-0.1, -0.05) is 11.6 Å². The van der Waals surface area contributed by atoms with E-state index in [1.54, 1.807) is 18.6 Å². The van der Waals surface area contributed by atoms with Crippen LogP contribution in [0, 0.1) is 5.82 Å². The Kier molecular flexibility index (Phi) is 5.97. The topological polar surface area (TPSA) is 73.4 Å². The van der Waals surface area contributed by atoms with E-state index in [2.05, 4.69) is 19.9 Å². The summed E-state index contributed by atoms with van der Waals surface area (Å²) in [4.78, 5) is 21.2. The van der Waals surface area contributed by atoms with Crippen LogP contribution in [0.2, 0.25) is 5.02 Å². The number of nitrogens with one attached hydrogen (secondary N) is 1. The maximum absolute atomic E-state index is 14.0. The summed E-state index contributed by atoms with van der Waals surface area (Å²) in [5.41, 5.74) is 2.99. The molecule has 0 bridgehead atoms. The molecule has 1 aliphatic heterocycles. The minimum atomic E-state index is -0.508. The summed E-state index contributed by atoms with van der Waals surface area (Å²) in [6, 6.07) is 10.2. The molecule has 0 atom stereocenters. The zero-order valence-electron chi connectivity index (χ0n) is 17.4. The lowest BCUT2D eigenvalue weighted by molar-refractivity contribution is -0.118. The molecule has 1 aliphatic rings. The summed E-state index contributed by atoms with van der Waals surface area (Å²) in [6.45, 7) is 1.50. The first kappa shape index (κ1) is 21.4. The first-order chi connectivity index (χ1) is 16.1. The van der Waals surface area contributed by atoms with Crippen LogP contribution >= 0.6 is 22.9 Å². The molecule has 0 fully saturated rings. The molecule has 1 amide bonds. The van der Waals surface area contributed by atoms with Crippen LogP contribution in [-0.2, 0) is 17.9 Å². The van der Waals surface area contributed by atoms with Crippen molar-refractivity contribution in [2.75, 3.05) is 11.9 Å². The van der Waals surface area contributed by atoms with E-state index in [4.69, 9.17) is 16.3 Å². The number of carbonyl (C=O) groups excluding carboxylic acids is 1. The molecule has 0 saturated heterocycles. The summed E-state index contributed by atoms with van der Waals surface area (Å²) in [6.07, 6.45) is 6.30. The van der Waals surface area contributed by atoms with Gasteiger partial charge in [0.25, 0.3) is 5.91 Å². The van der Waals surface area contributed by atoms with Gasteiger partial charge in [0.05, 0.1) is 28.4 Å². The molecule has 4 aromatic rings. The van der Waals surface area contributed by atoms with E-state index >= 15 is 0 Å². The van der Waals surface area contributed by atoms with Crippen molar-refractivity contribution in [1.82, 2.24) is 14.1 Å². The molecule has 2 aromatic heterocycles. The molecule has 10 heteroatoms. The standard InChI is InChI=1S/C23H19ClFN5O2S/c24-17-4-3-16(11-18(17)25)27-23-30(8-1-7-29-9-6-26-14-29)20(13-33-23)15-2-5-21-19(10-15)28-22(31)12-32-21/h2-6,9-11,13-14H,1,7-8,12H2,(H,28,31). The second kappa shape index (κ2) is 9.21. The fourth-order valence-corrected chi connectivity index (χ4v) is 4.68. The lowest BCUT2D eigenvalue weighted by atomic mass is 10.1. The lowest BCUT2D eigenvalue weighted by Gasteiger charge is -2.19. The number of anilines is 1. The third kappa shape index (κ3) is 4.69. The Labute approximate surface area is 197 Å². The van der Waals surface area contributed by atoms with E-state index in [-0.39, 0.29) is 17.5 Å². The predicted molar refractivity (Wildman–Crippen MR) is 125 cm³/mol. The number of thiazole rings is 1. The highest BCUT2D eigenvalue weighted by Gasteiger charge is 2.18. The Morgan fingerprint density at radius 2 is 2.15 bits per heavy atom. The van der Waals surface area contributed by atoms with E-state index in [1.165, 1.54) is 23.5 Å². The van der Waals surface area contributed by atoms with Crippen molar-refractivity contribution in [2.45, 2.75) is 19.5 Å². The minimum absolute atomic E-state index is 0.0136. The van der Waals surface area contributed by atoms with Gasteiger partial charge in [-0.2, -0.15) is 0 Å². The molecule has 33 heavy (non-hydrogen) atoms. The van der Waals surface area contributed by atoms with Gasteiger partial charge in [0.2, 0.25) is 0 Å². The molecule has 3 heterocycles. The fourth-order valence-electron chi connectivity index (χ4n) is 3.60.